The molecule has 0 aliphatic heterocycles. The lowest BCUT2D eigenvalue weighted by Crippen LogP contribution is -2.34. The molecule has 0 aliphatic carbocycles. The third kappa shape index (κ3) is 3.57. The molecule has 1 heterocycles. The molecule has 76 valence electrons. The van der Waals surface area contributed by atoms with E-state index >= 15 is 0 Å². The number of thiocarbonyl (C=S) groups is 1. The van der Waals surface area contributed by atoms with Gasteiger partial charge in [0, 0.05) is 19.8 Å². The molecular formula is C9H14N4S. The molecule has 1 aromatic heterocycles. The maximum Gasteiger partial charge on any atom is 0.166 e. The molecular weight excluding hydrogens is 196 g/mol. The highest BCUT2D eigenvalue weighted by atomic mass is 32.1. The monoisotopic (exact) mass is 210 g/mol. The highest BCUT2D eigenvalue weighted by Gasteiger charge is 1.97. The van der Waals surface area contributed by atoms with Gasteiger partial charge in [-0.1, -0.05) is 6.08 Å². The van der Waals surface area contributed by atoms with Crippen LogP contribution in [-0.4, -0.2) is 21.4 Å². The molecule has 2 N–H and O–H groups in total. The van der Waals surface area contributed by atoms with E-state index in [4.69, 9.17) is 12.2 Å². The summed E-state index contributed by atoms with van der Waals surface area (Å²) >= 11 is 5.02. The van der Waals surface area contributed by atoms with Crippen molar-refractivity contribution in [1.29, 1.82) is 0 Å². The van der Waals surface area contributed by atoms with E-state index in [1.807, 2.05) is 19.3 Å². The molecule has 14 heavy (non-hydrogen) atoms. The van der Waals surface area contributed by atoms with Gasteiger partial charge in [0.1, 0.15) is 0 Å². The Morgan fingerprint density at radius 3 is 3.07 bits per heavy atom. The summed E-state index contributed by atoms with van der Waals surface area (Å²) in [6, 6.07) is 1.95. The molecule has 0 fully saturated rings. The van der Waals surface area contributed by atoms with Gasteiger partial charge >= 0.3 is 0 Å². The smallest absolute Gasteiger partial charge is 0.166 e. The number of nitrogens with one attached hydrogen (secondary N) is 2. The van der Waals surface area contributed by atoms with Crippen molar-refractivity contribution in [3.63, 3.8) is 0 Å². The number of hydrogen-bond donors (Lipinski definition) is 2. The molecule has 5 heteroatoms. The minimum atomic E-state index is 0.621. The summed E-state index contributed by atoms with van der Waals surface area (Å²) in [4.78, 5) is 0. The van der Waals surface area contributed by atoms with Crippen molar-refractivity contribution in [2.24, 2.45) is 7.05 Å². The third-order valence-corrected chi connectivity index (χ3v) is 1.89. The average Bonchev–Trinajstić information content (AvgIpc) is 2.58. The van der Waals surface area contributed by atoms with Crippen LogP contribution in [0.3, 0.4) is 0 Å². The summed E-state index contributed by atoms with van der Waals surface area (Å²) in [6.07, 6.45) is 3.66. The van der Waals surface area contributed by atoms with Crippen LogP contribution >= 0.6 is 12.2 Å². The number of nitrogens with zero attached hydrogens (tertiary/aromatic N) is 2. The SMILES string of the molecule is C=CCNC(=S)NCc1ccn(C)n1. The summed E-state index contributed by atoms with van der Waals surface area (Å²) in [6.45, 7) is 4.91. The van der Waals surface area contributed by atoms with E-state index in [0.29, 0.717) is 18.2 Å². The molecule has 1 aromatic rings. The van der Waals surface area contributed by atoms with E-state index in [1.165, 1.54) is 0 Å². The van der Waals surface area contributed by atoms with Gasteiger partial charge in [-0.2, -0.15) is 5.10 Å². The van der Waals surface area contributed by atoms with Gasteiger partial charge in [0.2, 0.25) is 0 Å². The van der Waals surface area contributed by atoms with E-state index in [-0.39, 0.29) is 0 Å². The lowest BCUT2D eigenvalue weighted by molar-refractivity contribution is 0.728. The summed E-state index contributed by atoms with van der Waals surface area (Å²) in [5, 5.41) is 10.9. The van der Waals surface area contributed by atoms with Crippen LogP contribution in [0.25, 0.3) is 0 Å². The lowest BCUT2D eigenvalue weighted by atomic mass is 10.4. The largest absolute Gasteiger partial charge is 0.359 e. The highest BCUT2D eigenvalue weighted by Crippen LogP contribution is 1.92. The van der Waals surface area contributed by atoms with Gasteiger partial charge < -0.3 is 10.6 Å². The summed E-state index contributed by atoms with van der Waals surface area (Å²) in [7, 11) is 1.89. The van der Waals surface area contributed by atoms with Crippen LogP contribution in [0.2, 0.25) is 0 Å². The molecule has 0 bridgehead atoms. The topological polar surface area (TPSA) is 41.9 Å². The van der Waals surface area contributed by atoms with Crippen LogP contribution in [-0.2, 0) is 13.6 Å². The Balaban J connectivity index is 2.26. The Morgan fingerprint density at radius 2 is 2.50 bits per heavy atom. The molecule has 0 radical (unpaired) electrons. The second kappa shape index (κ2) is 5.39. The van der Waals surface area contributed by atoms with E-state index < -0.39 is 0 Å². The highest BCUT2D eigenvalue weighted by molar-refractivity contribution is 7.80. The minimum Gasteiger partial charge on any atom is -0.359 e. The molecule has 0 saturated heterocycles. The predicted molar refractivity (Wildman–Crippen MR) is 60.8 cm³/mol. The molecule has 4 nitrogen and oxygen atoms in total. The fraction of sp³-hybridized carbons (Fsp3) is 0.333. The standard InChI is InChI=1S/C9H14N4S/c1-3-5-10-9(14)11-7-8-4-6-13(2)12-8/h3-4,6H,1,5,7H2,2H3,(H2,10,11,14). The van der Waals surface area contributed by atoms with E-state index in [1.54, 1.807) is 10.8 Å². The summed E-state index contributed by atoms with van der Waals surface area (Å²) in [5.41, 5.74) is 0.968. The van der Waals surface area contributed by atoms with Crippen LogP contribution in [0.1, 0.15) is 5.69 Å². The van der Waals surface area contributed by atoms with Crippen molar-refractivity contribution in [2.75, 3.05) is 6.54 Å². The quantitative estimate of drug-likeness (QED) is 0.563. The molecule has 0 saturated carbocycles. The maximum atomic E-state index is 5.02. The Kier molecular flexibility index (Phi) is 4.12. The van der Waals surface area contributed by atoms with Gasteiger partial charge in [0.05, 0.1) is 12.2 Å². The molecule has 0 unspecified atom stereocenters. The van der Waals surface area contributed by atoms with Crippen LogP contribution in [0, 0.1) is 0 Å². The van der Waals surface area contributed by atoms with E-state index in [2.05, 4.69) is 22.3 Å². The normalized spacial score (nSPS) is 9.50. The molecule has 0 spiro atoms. The molecule has 1 rings (SSSR count). The summed E-state index contributed by atoms with van der Waals surface area (Å²) < 4.78 is 1.76. The van der Waals surface area contributed by atoms with Crippen molar-refractivity contribution in [3.8, 4) is 0 Å². The van der Waals surface area contributed by atoms with Gasteiger partial charge in [0.15, 0.2) is 5.11 Å². The molecule has 0 aromatic carbocycles. The summed E-state index contributed by atoms with van der Waals surface area (Å²) in [5.74, 6) is 0. The fourth-order valence-corrected chi connectivity index (χ4v) is 1.11. The van der Waals surface area contributed by atoms with Gasteiger partial charge in [-0.3, -0.25) is 4.68 Å². The first-order valence-electron chi connectivity index (χ1n) is 4.33. The Labute approximate surface area is 89.0 Å². The minimum absolute atomic E-state index is 0.621. The lowest BCUT2D eigenvalue weighted by Gasteiger charge is -2.06. The van der Waals surface area contributed by atoms with E-state index in [0.717, 1.165) is 5.69 Å². The molecule has 0 amide bonds. The Morgan fingerprint density at radius 1 is 1.71 bits per heavy atom. The van der Waals surface area contributed by atoms with Crippen molar-refractivity contribution in [3.05, 3.63) is 30.6 Å². The van der Waals surface area contributed by atoms with Crippen molar-refractivity contribution < 1.29 is 0 Å². The zero-order valence-corrected chi connectivity index (χ0v) is 8.97. The van der Waals surface area contributed by atoms with Gasteiger partial charge in [-0.25, -0.2) is 0 Å². The second-order valence-corrected chi connectivity index (χ2v) is 3.24. The number of aromatic nitrogens is 2. The Hall–Kier alpha value is -1.36. The maximum absolute atomic E-state index is 5.02. The average molecular weight is 210 g/mol. The van der Waals surface area contributed by atoms with Gasteiger partial charge in [0.25, 0.3) is 0 Å². The first-order chi connectivity index (χ1) is 6.72. The van der Waals surface area contributed by atoms with E-state index in [9.17, 15) is 0 Å². The van der Waals surface area contributed by atoms with Crippen molar-refractivity contribution in [1.82, 2.24) is 20.4 Å². The third-order valence-electron chi connectivity index (χ3n) is 1.61. The van der Waals surface area contributed by atoms with Gasteiger partial charge in [-0.05, 0) is 18.3 Å². The zero-order chi connectivity index (χ0) is 10.4. The van der Waals surface area contributed by atoms with Crippen LogP contribution in [0.5, 0.6) is 0 Å². The van der Waals surface area contributed by atoms with Crippen LogP contribution in [0.4, 0.5) is 0 Å². The van der Waals surface area contributed by atoms with Crippen molar-refractivity contribution in [2.45, 2.75) is 6.54 Å². The van der Waals surface area contributed by atoms with Crippen molar-refractivity contribution >= 4 is 17.3 Å². The number of hydrogen-bond acceptors (Lipinski definition) is 2. The first-order valence-corrected chi connectivity index (χ1v) is 4.74. The molecule has 0 aliphatic rings. The second-order valence-electron chi connectivity index (χ2n) is 2.83. The number of aryl methyl sites for hydroxylation is 1. The van der Waals surface area contributed by atoms with Crippen LogP contribution in [0.15, 0.2) is 24.9 Å². The number of rotatable bonds is 4. The Bertz CT molecular complexity index is 318. The molecule has 0 atom stereocenters. The fourth-order valence-electron chi connectivity index (χ4n) is 0.956. The predicted octanol–water partition coefficient (Wildman–Crippen LogP) is 0.570. The zero-order valence-electron chi connectivity index (χ0n) is 8.16. The van der Waals surface area contributed by atoms with Gasteiger partial charge in [-0.15, -0.1) is 6.58 Å². The first kappa shape index (κ1) is 10.7. The van der Waals surface area contributed by atoms with Crippen LogP contribution < -0.4 is 10.6 Å².